The van der Waals surface area contributed by atoms with Crippen molar-refractivity contribution in [2.75, 3.05) is 32.1 Å². The number of amides is 1. The van der Waals surface area contributed by atoms with Crippen molar-refractivity contribution in [2.24, 2.45) is 11.1 Å². The van der Waals surface area contributed by atoms with Crippen LogP contribution in [0, 0.1) is 5.41 Å². The Morgan fingerprint density at radius 3 is 2.91 bits per heavy atom. The lowest BCUT2D eigenvalue weighted by molar-refractivity contribution is -0.135. The number of aryl methyl sites for hydroxylation is 1. The molecule has 4 nitrogen and oxygen atoms in total. The second-order valence-corrected chi connectivity index (χ2v) is 7.43. The maximum Gasteiger partial charge on any atom is 0.227 e. The Morgan fingerprint density at radius 2 is 2.14 bits per heavy atom. The Hall–Kier alpha value is -1.04. The molecule has 120 valence electrons. The van der Waals surface area contributed by atoms with Crippen molar-refractivity contribution >= 4 is 17.7 Å². The molecule has 0 aliphatic carbocycles. The van der Waals surface area contributed by atoms with E-state index < -0.39 is 5.41 Å². The maximum absolute atomic E-state index is 12.6. The van der Waals surface area contributed by atoms with Crippen molar-refractivity contribution < 1.29 is 9.53 Å². The van der Waals surface area contributed by atoms with Crippen LogP contribution in [0.4, 0.5) is 0 Å². The third-order valence-electron chi connectivity index (χ3n) is 4.86. The number of benzene rings is 1. The van der Waals surface area contributed by atoms with E-state index in [4.69, 9.17) is 10.5 Å². The molecule has 22 heavy (non-hydrogen) atoms. The molecule has 3 rings (SSSR count). The van der Waals surface area contributed by atoms with E-state index in [-0.39, 0.29) is 5.91 Å². The summed E-state index contributed by atoms with van der Waals surface area (Å²) >= 11 is 1.93. The van der Waals surface area contributed by atoms with Crippen LogP contribution in [0.25, 0.3) is 0 Å². The number of nitrogens with one attached hydrogen (secondary N) is 1. The summed E-state index contributed by atoms with van der Waals surface area (Å²) in [7, 11) is 0. The van der Waals surface area contributed by atoms with Crippen LogP contribution in [0.3, 0.4) is 0 Å². The first-order valence-electron chi connectivity index (χ1n) is 8.01. The molecule has 2 heterocycles. The van der Waals surface area contributed by atoms with Crippen LogP contribution in [0.15, 0.2) is 24.3 Å². The highest BCUT2D eigenvalue weighted by Crippen LogP contribution is 2.36. The molecule has 0 bridgehead atoms. The van der Waals surface area contributed by atoms with E-state index in [0.29, 0.717) is 31.6 Å². The monoisotopic (exact) mass is 320 g/mol. The number of hydrogen-bond donors (Lipinski definition) is 2. The largest absolute Gasteiger partial charge is 0.381 e. The second kappa shape index (κ2) is 7.02. The Bertz CT molecular complexity index is 529. The summed E-state index contributed by atoms with van der Waals surface area (Å²) in [5.74, 6) is 1.22. The van der Waals surface area contributed by atoms with E-state index in [1.165, 1.54) is 11.1 Å². The number of ether oxygens (including phenoxy) is 1. The molecule has 2 aliphatic rings. The molecule has 5 heteroatoms. The number of nitrogens with two attached hydrogens (primary N) is 1. The van der Waals surface area contributed by atoms with Gasteiger partial charge in [0.1, 0.15) is 0 Å². The van der Waals surface area contributed by atoms with Crippen molar-refractivity contribution in [3.63, 3.8) is 0 Å². The van der Waals surface area contributed by atoms with Gasteiger partial charge in [-0.2, -0.15) is 11.8 Å². The van der Waals surface area contributed by atoms with Crippen LogP contribution in [-0.2, 0) is 16.0 Å². The van der Waals surface area contributed by atoms with E-state index in [2.05, 4.69) is 29.6 Å². The highest BCUT2D eigenvalue weighted by molar-refractivity contribution is 7.99. The summed E-state index contributed by atoms with van der Waals surface area (Å²) in [5, 5.41) is 3.51. The molecule has 1 amide bonds. The van der Waals surface area contributed by atoms with Gasteiger partial charge in [0.2, 0.25) is 5.91 Å². The van der Waals surface area contributed by atoms with Crippen molar-refractivity contribution in [3.8, 4) is 0 Å². The summed E-state index contributed by atoms with van der Waals surface area (Å²) in [6, 6.07) is 8.56. The lowest BCUT2D eigenvalue weighted by Gasteiger charge is -2.35. The van der Waals surface area contributed by atoms with Gasteiger partial charge in [-0.05, 0) is 36.1 Å². The van der Waals surface area contributed by atoms with Crippen LogP contribution in [0.2, 0.25) is 0 Å². The SMILES string of the molecule is NCC1(C(=O)NCC2SCCc3ccccc32)CCOCC1. The van der Waals surface area contributed by atoms with Crippen molar-refractivity contribution in [1.29, 1.82) is 0 Å². The normalized spacial score (nSPS) is 23.6. The van der Waals surface area contributed by atoms with Crippen LogP contribution in [0.5, 0.6) is 0 Å². The van der Waals surface area contributed by atoms with Crippen LogP contribution >= 0.6 is 11.8 Å². The van der Waals surface area contributed by atoms with Gasteiger partial charge in [-0.15, -0.1) is 0 Å². The van der Waals surface area contributed by atoms with Gasteiger partial charge in [-0.25, -0.2) is 0 Å². The minimum absolute atomic E-state index is 0.0990. The Labute approximate surface area is 136 Å². The molecule has 0 saturated carbocycles. The van der Waals surface area contributed by atoms with Gasteiger partial charge in [0, 0.05) is 31.6 Å². The smallest absolute Gasteiger partial charge is 0.227 e. The van der Waals surface area contributed by atoms with Gasteiger partial charge in [-0.1, -0.05) is 24.3 Å². The van der Waals surface area contributed by atoms with E-state index >= 15 is 0 Å². The fourth-order valence-electron chi connectivity index (χ4n) is 3.30. The first kappa shape index (κ1) is 15.8. The lowest BCUT2D eigenvalue weighted by Crippen LogP contribution is -2.49. The molecule has 0 spiro atoms. The molecule has 0 aromatic heterocycles. The molecular weight excluding hydrogens is 296 g/mol. The van der Waals surface area contributed by atoms with E-state index in [1.54, 1.807) is 0 Å². The first-order valence-corrected chi connectivity index (χ1v) is 9.05. The van der Waals surface area contributed by atoms with Crippen molar-refractivity contribution in [3.05, 3.63) is 35.4 Å². The van der Waals surface area contributed by atoms with E-state index in [1.807, 2.05) is 11.8 Å². The number of hydrogen-bond acceptors (Lipinski definition) is 4. The lowest BCUT2D eigenvalue weighted by atomic mass is 9.79. The fraction of sp³-hybridized carbons (Fsp3) is 0.588. The van der Waals surface area contributed by atoms with Gasteiger partial charge in [-0.3, -0.25) is 4.79 Å². The third kappa shape index (κ3) is 3.16. The Balaban J connectivity index is 1.64. The summed E-state index contributed by atoms with van der Waals surface area (Å²) in [6.45, 7) is 2.34. The molecule has 1 fully saturated rings. The van der Waals surface area contributed by atoms with Crippen LogP contribution in [0.1, 0.15) is 29.2 Å². The zero-order valence-corrected chi connectivity index (χ0v) is 13.7. The predicted molar refractivity (Wildman–Crippen MR) is 89.9 cm³/mol. The molecule has 1 unspecified atom stereocenters. The Morgan fingerprint density at radius 1 is 1.36 bits per heavy atom. The average Bonchev–Trinajstić information content (AvgIpc) is 2.60. The van der Waals surface area contributed by atoms with Crippen LogP contribution < -0.4 is 11.1 Å². The molecular formula is C17H24N2O2S. The third-order valence-corrected chi connectivity index (χ3v) is 6.13. The average molecular weight is 320 g/mol. The van der Waals surface area contributed by atoms with Gasteiger partial charge in [0.15, 0.2) is 0 Å². The summed E-state index contributed by atoms with van der Waals surface area (Å²) < 4.78 is 5.38. The minimum atomic E-state index is -0.433. The standard InChI is InChI=1S/C17H24N2O2S/c18-12-17(6-8-21-9-7-17)16(20)19-11-15-14-4-2-1-3-13(14)5-10-22-15/h1-4,15H,5-12,18H2,(H,19,20). The van der Waals surface area contributed by atoms with E-state index in [0.717, 1.165) is 25.0 Å². The predicted octanol–water partition coefficient (Wildman–Crippen LogP) is 1.89. The fourth-order valence-corrected chi connectivity index (χ4v) is 4.54. The molecule has 3 N–H and O–H groups in total. The molecule has 2 aliphatic heterocycles. The second-order valence-electron chi connectivity index (χ2n) is 6.12. The van der Waals surface area contributed by atoms with Gasteiger partial charge in [0.05, 0.1) is 5.41 Å². The molecule has 0 radical (unpaired) electrons. The number of thioether (sulfide) groups is 1. The molecule has 1 aromatic rings. The number of carbonyl (C=O) groups is 1. The van der Waals surface area contributed by atoms with Gasteiger partial charge >= 0.3 is 0 Å². The topological polar surface area (TPSA) is 64.4 Å². The molecule has 1 aromatic carbocycles. The summed E-state index contributed by atoms with van der Waals surface area (Å²) in [5.41, 5.74) is 8.25. The quantitative estimate of drug-likeness (QED) is 0.889. The van der Waals surface area contributed by atoms with Crippen molar-refractivity contribution in [2.45, 2.75) is 24.5 Å². The number of rotatable bonds is 4. The highest BCUT2D eigenvalue weighted by atomic mass is 32.2. The zero-order chi connectivity index (χ0) is 15.4. The van der Waals surface area contributed by atoms with Gasteiger partial charge in [0.25, 0.3) is 0 Å². The molecule has 1 saturated heterocycles. The summed E-state index contributed by atoms with van der Waals surface area (Å²) in [6.07, 6.45) is 2.57. The number of fused-ring (bicyclic) bond motifs is 1. The Kier molecular flexibility index (Phi) is 5.06. The van der Waals surface area contributed by atoms with Crippen LogP contribution in [-0.4, -0.2) is 38.0 Å². The highest BCUT2D eigenvalue weighted by Gasteiger charge is 2.39. The first-order chi connectivity index (χ1) is 10.7. The van der Waals surface area contributed by atoms with Gasteiger partial charge < -0.3 is 15.8 Å². The van der Waals surface area contributed by atoms with E-state index in [9.17, 15) is 4.79 Å². The number of carbonyl (C=O) groups excluding carboxylic acids is 1. The minimum Gasteiger partial charge on any atom is -0.381 e. The summed E-state index contributed by atoms with van der Waals surface area (Å²) in [4.78, 5) is 12.6. The van der Waals surface area contributed by atoms with Crippen molar-refractivity contribution in [1.82, 2.24) is 5.32 Å². The maximum atomic E-state index is 12.6. The molecule has 1 atom stereocenters. The zero-order valence-electron chi connectivity index (χ0n) is 12.8.